The molecule has 2 aliphatic rings. The van der Waals surface area contributed by atoms with E-state index in [4.69, 9.17) is 5.73 Å². The Hall–Kier alpha value is -0.0800. The lowest BCUT2D eigenvalue weighted by Gasteiger charge is -2.40. The minimum absolute atomic E-state index is 0.232. The molecule has 10 heavy (non-hydrogen) atoms. The SMILES string of the molecule is CCN1CC2CCC2(N)C1. The molecular formula is C8H16N2. The van der Waals surface area contributed by atoms with Crippen LogP contribution < -0.4 is 5.73 Å². The second-order valence-corrected chi connectivity index (χ2v) is 3.80. The average Bonchev–Trinajstić information content (AvgIpc) is 2.13. The summed E-state index contributed by atoms with van der Waals surface area (Å²) < 4.78 is 0. The molecule has 58 valence electrons. The van der Waals surface area contributed by atoms with Crippen LogP contribution in [0.5, 0.6) is 0 Å². The molecule has 2 unspecified atom stereocenters. The molecule has 0 spiro atoms. The summed E-state index contributed by atoms with van der Waals surface area (Å²) in [5.41, 5.74) is 6.36. The first-order valence-electron chi connectivity index (χ1n) is 4.26. The molecule has 2 heteroatoms. The van der Waals surface area contributed by atoms with Gasteiger partial charge in [0.05, 0.1) is 0 Å². The third-order valence-corrected chi connectivity index (χ3v) is 3.22. The van der Waals surface area contributed by atoms with Crippen molar-refractivity contribution in [3.8, 4) is 0 Å². The van der Waals surface area contributed by atoms with Gasteiger partial charge in [0.15, 0.2) is 0 Å². The van der Waals surface area contributed by atoms with Gasteiger partial charge in [0.25, 0.3) is 0 Å². The van der Waals surface area contributed by atoms with Gasteiger partial charge in [-0.05, 0) is 25.3 Å². The monoisotopic (exact) mass is 140 g/mol. The van der Waals surface area contributed by atoms with Crippen LogP contribution >= 0.6 is 0 Å². The summed E-state index contributed by atoms with van der Waals surface area (Å²) in [5, 5.41) is 0. The quantitative estimate of drug-likeness (QED) is 0.572. The van der Waals surface area contributed by atoms with E-state index in [9.17, 15) is 0 Å². The van der Waals surface area contributed by atoms with Crippen molar-refractivity contribution in [1.29, 1.82) is 0 Å². The highest BCUT2D eigenvalue weighted by atomic mass is 15.2. The topological polar surface area (TPSA) is 29.3 Å². The normalized spacial score (nSPS) is 46.8. The second-order valence-electron chi connectivity index (χ2n) is 3.80. The molecule has 0 radical (unpaired) electrons. The lowest BCUT2D eigenvalue weighted by atomic mass is 9.70. The first-order chi connectivity index (χ1) is 4.74. The van der Waals surface area contributed by atoms with Crippen LogP contribution in [0.1, 0.15) is 19.8 Å². The number of nitrogens with zero attached hydrogens (tertiary/aromatic N) is 1. The smallest absolute Gasteiger partial charge is 0.0324 e. The van der Waals surface area contributed by atoms with E-state index >= 15 is 0 Å². The third kappa shape index (κ3) is 0.722. The lowest BCUT2D eigenvalue weighted by molar-refractivity contribution is 0.188. The molecule has 1 aliphatic heterocycles. The lowest BCUT2D eigenvalue weighted by Crippen LogP contribution is -2.54. The number of rotatable bonds is 1. The molecule has 2 fully saturated rings. The van der Waals surface area contributed by atoms with Crippen molar-refractivity contribution in [2.24, 2.45) is 11.7 Å². The molecule has 0 aromatic rings. The minimum atomic E-state index is 0.232. The zero-order valence-corrected chi connectivity index (χ0v) is 6.64. The van der Waals surface area contributed by atoms with Crippen LogP contribution in [0.25, 0.3) is 0 Å². The van der Waals surface area contributed by atoms with Gasteiger partial charge in [-0.25, -0.2) is 0 Å². The van der Waals surface area contributed by atoms with E-state index < -0.39 is 0 Å². The van der Waals surface area contributed by atoms with Gasteiger partial charge in [0.2, 0.25) is 0 Å². The predicted molar refractivity (Wildman–Crippen MR) is 41.8 cm³/mol. The summed E-state index contributed by atoms with van der Waals surface area (Å²) in [7, 11) is 0. The van der Waals surface area contributed by atoms with Crippen LogP contribution in [-0.2, 0) is 0 Å². The fourth-order valence-corrected chi connectivity index (χ4v) is 2.23. The fraction of sp³-hybridized carbons (Fsp3) is 1.00. The molecule has 2 atom stereocenters. The van der Waals surface area contributed by atoms with Crippen molar-refractivity contribution >= 4 is 0 Å². The first-order valence-corrected chi connectivity index (χ1v) is 4.26. The van der Waals surface area contributed by atoms with Crippen molar-refractivity contribution in [2.75, 3.05) is 19.6 Å². The van der Waals surface area contributed by atoms with Gasteiger partial charge in [-0.15, -0.1) is 0 Å². The Morgan fingerprint density at radius 1 is 1.70 bits per heavy atom. The van der Waals surface area contributed by atoms with Gasteiger partial charge < -0.3 is 10.6 Å². The molecule has 2 N–H and O–H groups in total. The Labute approximate surface area is 62.4 Å². The molecule has 1 saturated heterocycles. The van der Waals surface area contributed by atoms with Crippen molar-refractivity contribution < 1.29 is 0 Å². The van der Waals surface area contributed by atoms with Crippen LogP contribution in [0.4, 0.5) is 0 Å². The molecule has 1 heterocycles. The molecule has 2 rings (SSSR count). The van der Waals surface area contributed by atoms with Crippen LogP contribution in [0.2, 0.25) is 0 Å². The standard InChI is InChI=1S/C8H16N2/c1-2-10-5-7-3-4-8(7,9)6-10/h7H,2-6,9H2,1H3. The molecule has 1 aliphatic carbocycles. The summed E-state index contributed by atoms with van der Waals surface area (Å²) in [6, 6.07) is 0. The van der Waals surface area contributed by atoms with Gasteiger partial charge in [-0.1, -0.05) is 6.92 Å². The van der Waals surface area contributed by atoms with Crippen LogP contribution in [0.15, 0.2) is 0 Å². The zero-order valence-electron chi connectivity index (χ0n) is 6.64. The van der Waals surface area contributed by atoms with Crippen molar-refractivity contribution in [3.05, 3.63) is 0 Å². The van der Waals surface area contributed by atoms with Crippen LogP contribution in [0.3, 0.4) is 0 Å². The van der Waals surface area contributed by atoms with E-state index in [0.717, 1.165) is 12.5 Å². The predicted octanol–water partition coefficient (Wildman–Crippen LogP) is 0.429. The number of likely N-dealkylation sites (tertiary alicyclic amines) is 1. The van der Waals surface area contributed by atoms with Crippen molar-refractivity contribution in [2.45, 2.75) is 25.3 Å². The maximum atomic E-state index is 6.13. The number of fused-ring (bicyclic) bond motifs is 1. The summed E-state index contributed by atoms with van der Waals surface area (Å²) in [6.07, 6.45) is 2.63. The Kier molecular flexibility index (Phi) is 1.29. The number of hydrogen-bond acceptors (Lipinski definition) is 2. The van der Waals surface area contributed by atoms with E-state index in [-0.39, 0.29) is 5.54 Å². The Balaban J connectivity index is 2.02. The van der Waals surface area contributed by atoms with Gasteiger partial charge in [0, 0.05) is 18.6 Å². The van der Waals surface area contributed by atoms with Gasteiger partial charge >= 0.3 is 0 Å². The molecular weight excluding hydrogens is 124 g/mol. The van der Waals surface area contributed by atoms with E-state index in [1.165, 1.54) is 25.9 Å². The average molecular weight is 140 g/mol. The first kappa shape index (κ1) is 6.62. The molecule has 0 aromatic carbocycles. The summed E-state index contributed by atoms with van der Waals surface area (Å²) >= 11 is 0. The van der Waals surface area contributed by atoms with E-state index in [0.29, 0.717) is 0 Å². The summed E-state index contributed by atoms with van der Waals surface area (Å²) in [4.78, 5) is 2.47. The van der Waals surface area contributed by atoms with E-state index in [1.807, 2.05) is 0 Å². The van der Waals surface area contributed by atoms with Crippen molar-refractivity contribution in [1.82, 2.24) is 4.90 Å². The highest BCUT2D eigenvalue weighted by Gasteiger charge is 2.49. The highest BCUT2D eigenvalue weighted by Crippen LogP contribution is 2.42. The van der Waals surface area contributed by atoms with Gasteiger partial charge in [0.1, 0.15) is 0 Å². The fourth-order valence-electron chi connectivity index (χ4n) is 2.23. The summed E-state index contributed by atoms with van der Waals surface area (Å²) in [5.74, 6) is 0.826. The zero-order chi connectivity index (χ0) is 7.19. The minimum Gasteiger partial charge on any atom is -0.324 e. The van der Waals surface area contributed by atoms with E-state index in [1.54, 1.807) is 0 Å². The Morgan fingerprint density at radius 2 is 2.50 bits per heavy atom. The highest BCUT2D eigenvalue weighted by molar-refractivity contribution is 5.08. The number of likely N-dealkylation sites (N-methyl/N-ethyl adjacent to an activating group) is 1. The largest absolute Gasteiger partial charge is 0.324 e. The van der Waals surface area contributed by atoms with Gasteiger partial charge in [-0.3, -0.25) is 0 Å². The molecule has 0 amide bonds. The van der Waals surface area contributed by atoms with Gasteiger partial charge in [-0.2, -0.15) is 0 Å². The van der Waals surface area contributed by atoms with E-state index in [2.05, 4.69) is 11.8 Å². The molecule has 0 aromatic heterocycles. The number of nitrogens with two attached hydrogens (primary N) is 1. The van der Waals surface area contributed by atoms with Crippen LogP contribution in [0, 0.1) is 5.92 Å². The number of hydrogen-bond donors (Lipinski definition) is 1. The van der Waals surface area contributed by atoms with Crippen LogP contribution in [-0.4, -0.2) is 30.1 Å². The Bertz CT molecular complexity index is 146. The maximum absolute atomic E-state index is 6.13. The van der Waals surface area contributed by atoms with Crippen molar-refractivity contribution in [3.63, 3.8) is 0 Å². The maximum Gasteiger partial charge on any atom is 0.0324 e. The third-order valence-electron chi connectivity index (χ3n) is 3.22. The Morgan fingerprint density at radius 3 is 2.80 bits per heavy atom. The molecule has 2 nitrogen and oxygen atoms in total. The molecule has 0 bridgehead atoms. The molecule has 1 saturated carbocycles. The summed E-state index contributed by atoms with van der Waals surface area (Å²) in [6.45, 7) is 5.80. The second kappa shape index (κ2) is 1.95.